The molecule has 1 N–H and O–H groups in total. The fourth-order valence-corrected chi connectivity index (χ4v) is 5.94. The molecule has 8 nitrogen and oxygen atoms in total. The predicted octanol–water partition coefficient (Wildman–Crippen LogP) is 5.17. The number of hydrogen-bond donors (Lipinski definition) is 1. The van der Waals surface area contributed by atoms with Gasteiger partial charge in [0, 0.05) is 18.1 Å². The predicted molar refractivity (Wildman–Crippen MR) is 163 cm³/mol. The molecule has 0 aliphatic rings. The van der Waals surface area contributed by atoms with Crippen LogP contribution >= 0.6 is 11.6 Å². The Kier molecular flexibility index (Phi) is 11.6. The van der Waals surface area contributed by atoms with Crippen LogP contribution in [0.15, 0.2) is 83.8 Å². The molecule has 3 aromatic carbocycles. The van der Waals surface area contributed by atoms with Gasteiger partial charge in [-0.1, -0.05) is 68.8 Å². The van der Waals surface area contributed by atoms with Gasteiger partial charge < -0.3 is 15.0 Å². The van der Waals surface area contributed by atoms with Gasteiger partial charge in [0.25, 0.3) is 10.0 Å². The normalized spacial score (nSPS) is 12.0. The monoisotopic (exact) mass is 599 g/mol. The van der Waals surface area contributed by atoms with Gasteiger partial charge in [0.15, 0.2) is 0 Å². The molecule has 0 aliphatic carbocycles. The average Bonchev–Trinajstić information content (AvgIpc) is 2.97. The summed E-state index contributed by atoms with van der Waals surface area (Å²) in [5.74, 6) is -0.0306. The molecular weight excluding hydrogens is 562 g/mol. The number of sulfonamides is 1. The average molecular weight is 600 g/mol. The van der Waals surface area contributed by atoms with E-state index in [4.69, 9.17) is 16.3 Å². The molecule has 0 fully saturated rings. The Hall–Kier alpha value is -3.56. The van der Waals surface area contributed by atoms with E-state index in [2.05, 4.69) is 5.32 Å². The molecule has 0 spiro atoms. The lowest BCUT2D eigenvalue weighted by Crippen LogP contribution is -2.53. The second kappa shape index (κ2) is 14.9. The summed E-state index contributed by atoms with van der Waals surface area (Å²) in [5, 5.41) is 3.26. The number of ether oxygens (including phenoxy) is 1. The van der Waals surface area contributed by atoms with Gasteiger partial charge in [-0.3, -0.25) is 13.9 Å². The van der Waals surface area contributed by atoms with Crippen LogP contribution in [0.3, 0.4) is 0 Å². The fraction of sp³-hybridized carbons (Fsp3) is 0.355. The van der Waals surface area contributed by atoms with Gasteiger partial charge in [-0.2, -0.15) is 0 Å². The Morgan fingerprint density at radius 1 is 0.976 bits per heavy atom. The highest BCUT2D eigenvalue weighted by Gasteiger charge is 2.33. The fourth-order valence-electron chi connectivity index (χ4n) is 4.35. The van der Waals surface area contributed by atoms with Crippen molar-refractivity contribution in [1.29, 1.82) is 0 Å². The topological polar surface area (TPSA) is 96.0 Å². The van der Waals surface area contributed by atoms with Gasteiger partial charge in [0.2, 0.25) is 11.8 Å². The maximum atomic E-state index is 14.0. The molecule has 220 valence electrons. The molecule has 3 aromatic rings. The number of amides is 2. The second-order valence-corrected chi connectivity index (χ2v) is 12.4. The Labute approximate surface area is 248 Å². The molecule has 0 radical (unpaired) electrons. The molecular formula is C31H38ClN3O5S. The maximum Gasteiger partial charge on any atom is 0.264 e. The van der Waals surface area contributed by atoms with Crippen molar-refractivity contribution in [2.24, 2.45) is 5.92 Å². The first kappa shape index (κ1) is 32.0. The first-order chi connectivity index (χ1) is 19.6. The zero-order chi connectivity index (χ0) is 30.0. The van der Waals surface area contributed by atoms with Gasteiger partial charge in [0.1, 0.15) is 18.3 Å². The van der Waals surface area contributed by atoms with Crippen LogP contribution in [-0.2, 0) is 26.0 Å². The van der Waals surface area contributed by atoms with Crippen LogP contribution in [0.25, 0.3) is 0 Å². The summed E-state index contributed by atoms with van der Waals surface area (Å²) in [5.41, 5.74) is 1.24. The molecule has 0 aromatic heterocycles. The molecule has 0 bridgehead atoms. The number of anilines is 1. The SMILES string of the molecule is CC[C@H](C(=O)NCC(C)C)N(CCc1ccccc1)C(=O)CN(c1cccc(Cl)c1)S(=O)(=O)c1ccc(OC)cc1. The van der Waals surface area contributed by atoms with Gasteiger partial charge in [-0.05, 0) is 66.8 Å². The first-order valence-electron chi connectivity index (χ1n) is 13.6. The van der Waals surface area contributed by atoms with Crippen molar-refractivity contribution in [3.8, 4) is 5.75 Å². The van der Waals surface area contributed by atoms with E-state index >= 15 is 0 Å². The van der Waals surface area contributed by atoms with Crippen molar-refractivity contribution >= 4 is 39.1 Å². The van der Waals surface area contributed by atoms with Crippen LogP contribution in [0.5, 0.6) is 5.75 Å². The molecule has 3 rings (SSSR count). The summed E-state index contributed by atoms with van der Waals surface area (Å²) < 4.78 is 34.1. The highest BCUT2D eigenvalue weighted by atomic mass is 35.5. The Morgan fingerprint density at radius 2 is 1.66 bits per heavy atom. The maximum absolute atomic E-state index is 14.0. The van der Waals surface area contributed by atoms with Crippen LogP contribution in [0, 0.1) is 5.92 Å². The summed E-state index contributed by atoms with van der Waals surface area (Å²) in [6.07, 6.45) is 0.871. The van der Waals surface area contributed by atoms with Crippen molar-refractivity contribution in [2.45, 2.75) is 44.6 Å². The summed E-state index contributed by atoms with van der Waals surface area (Å²) in [7, 11) is -2.70. The number of rotatable bonds is 14. The van der Waals surface area contributed by atoms with Crippen molar-refractivity contribution in [3.63, 3.8) is 0 Å². The molecule has 0 aliphatic heterocycles. The largest absolute Gasteiger partial charge is 0.497 e. The molecule has 0 heterocycles. The number of carbonyl (C=O) groups is 2. The standard InChI is InChI=1S/C31H38ClN3O5S/c1-5-29(31(37)33-21-23(2)3)34(19-18-24-10-7-6-8-11-24)30(36)22-35(26-13-9-12-25(32)20-26)41(38,39)28-16-14-27(40-4)15-17-28/h6-17,20,23,29H,5,18-19,21-22H2,1-4H3,(H,33,37)/t29-/m1/s1. The summed E-state index contributed by atoms with van der Waals surface area (Å²) in [4.78, 5) is 28.8. The smallest absolute Gasteiger partial charge is 0.264 e. The van der Waals surface area contributed by atoms with E-state index in [0.717, 1.165) is 9.87 Å². The zero-order valence-electron chi connectivity index (χ0n) is 23.9. The summed E-state index contributed by atoms with van der Waals surface area (Å²) >= 11 is 6.23. The molecule has 1 atom stereocenters. The zero-order valence-corrected chi connectivity index (χ0v) is 25.5. The Balaban J connectivity index is 2.00. The Bertz CT molecular complexity index is 1400. The molecule has 0 saturated carbocycles. The van der Waals surface area contributed by atoms with Gasteiger partial charge in [0.05, 0.1) is 17.7 Å². The molecule has 0 saturated heterocycles. The minimum absolute atomic E-state index is 0.0105. The van der Waals surface area contributed by atoms with E-state index in [1.807, 2.05) is 51.1 Å². The van der Waals surface area contributed by atoms with Crippen LogP contribution in [0.2, 0.25) is 5.02 Å². The lowest BCUT2D eigenvalue weighted by molar-refractivity contribution is -0.139. The van der Waals surface area contributed by atoms with Gasteiger partial charge in [-0.15, -0.1) is 0 Å². The quantitative estimate of drug-likeness (QED) is 0.276. The highest BCUT2D eigenvalue weighted by Crippen LogP contribution is 2.27. The van der Waals surface area contributed by atoms with Crippen LogP contribution in [0.4, 0.5) is 5.69 Å². The number of halogens is 1. The molecule has 0 unspecified atom stereocenters. The number of nitrogens with one attached hydrogen (secondary N) is 1. The minimum atomic E-state index is -4.19. The lowest BCUT2D eigenvalue weighted by atomic mass is 10.1. The van der Waals surface area contributed by atoms with Crippen molar-refractivity contribution < 1.29 is 22.7 Å². The minimum Gasteiger partial charge on any atom is -0.497 e. The number of methoxy groups -OCH3 is 1. The third kappa shape index (κ3) is 8.71. The molecule has 2 amide bonds. The summed E-state index contributed by atoms with van der Waals surface area (Å²) in [6.45, 7) is 6.01. The second-order valence-electron chi connectivity index (χ2n) is 10.1. The van der Waals surface area contributed by atoms with Crippen LogP contribution < -0.4 is 14.4 Å². The van der Waals surface area contributed by atoms with Gasteiger partial charge in [-0.25, -0.2) is 8.42 Å². The summed E-state index contributed by atoms with van der Waals surface area (Å²) in [6, 6.07) is 21.2. The third-order valence-corrected chi connectivity index (χ3v) is 8.60. The van der Waals surface area contributed by atoms with Crippen LogP contribution in [0.1, 0.15) is 32.8 Å². The van der Waals surface area contributed by atoms with E-state index in [9.17, 15) is 18.0 Å². The third-order valence-electron chi connectivity index (χ3n) is 6.58. The van der Waals surface area contributed by atoms with E-state index < -0.39 is 28.5 Å². The van der Waals surface area contributed by atoms with Gasteiger partial charge >= 0.3 is 0 Å². The first-order valence-corrected chi connectivity index (χ1v) is 15.4. The van der Waals surface area contributed by atoms with Crippen molar-refractivity contribution in [1.82, 2.24) is 10.2 Å². The number of benzene rings is 3. The highest BCUT2D eigenvalue weighted by molar-refractivity contribution is 7.92. The number of carbonyl (C=O) groups excluding carboxylic acids is 2. The van der Waals surface area contributed by atoms with Crippen LogP contribution in [-0.4, -0.2) is 57.9 Å². The lowest BCUT2D eigenvalue weighted by Gasteiger charge is -2.33. The van der Waals surface area contributed by atoms with Crippen molar-refractivity contribution in [2.75, 3.05) is 31.0 Å². The Morgan fingerprint density at radius 3 is 2.24 bits per heavy atom. The van der Waals surface area contributed by atoms with E-state index in [0.29, 0.717) is 30.2 Å². The molecule has 10 heteroatoms. The number of hydrogen-bond acceptors (Lipinski definition) is 5. The van der Waals surface area contributed by atoms with E-state index in [1.54, 1.807) is 30.3 Å². The number of nitrogens with zero attached hydrogens (tertiary/aromatic N) is 2. The van der Waals surface area contributed by atoms with E-state index in [-0.39, 0.29) is 29.0 Å². The van der Waals surface area contributed by atoms with E-state index in [1.165, 1.54) is 30.2 Å². The van der Waals surface area contributed by atoms with Crippen molar-refractivity contribution in [3.05, 3.63) is 89.4 Å². The molecule has 41 heavy (non-hydrogen) atoms.